The van der Waals surface area contributed by atoms with Gasteiger partial charge in [-0.2, -0.15) is 0 Å². The van der Waals surface area contributed by atoms with Crippen LogP contribution in [0.1, 0.15) is 42.1 Å². The van der Waals surface area contributed by atoms with Crippen molar-refractivity contribution < 1.29 is 14.4 Å². The molecule has 1 aromatic carbocycles. The van der Waals surface area contributed by atoms with Gasteiger partial charge in [0, 0.05) is 51.3 Å². The number of anilines is 1. The molecule has 4 rings (SSSR count). The maximum absolute atomic E-state index is 13.0. The Morgan fingerprint density at radius 3 is 2.53 bits per heavy atom. The molecule has 2 N–H and O–H groups in total. The van der Waals surface area contributed by atoms with Crippen molar-refractivity contribution in [1.29, 1.82) is 0 Å². The molecule has 0 aromatic heterocycles. The van der Waals surface area contributed by atoms with Crippen LogP contribution in [0.25, 0.3) is 0 Å². The zero-order chi connectivity index (χ0) is 21.5. The number of aryl methyl sites for hydroxylation is 1. The molecule has 3 aliphatic rings. The third kappa shape index (κ3) is 3.88. The summed E-state index contributed by atoms with van der Waals surface area (Å²) in [5.74, 6) is -0.145. The molecule has 8 heteroatoms. The lowest BCUT2D eigenvalue weighted by atomic mass is 9.94. The standard InChI is InChI=1S/C22H31N5O3/c1-15-4-5-17-18(14-15)23-22(24-20(17)29)7-6-19(28)27(9-8-22)16(2)21(30)26-12-10-25(3)11-13-26/h4-5,14,16,23H,6-13H2,1-3H3,(H,24,29)/t16-,22+/m0/s1. The summed E-state index contributed by atoms with van der Waals surface area (Å²) in [6, 6.07) is 5.22. The number of likely N-dealkylation sites (N-methyl/N-ethyl adjacent to an activating group) is 1. The number of nitrogens with zero attached hydrogens (tertiary/aromatic N) is 3. The van der Waals surface area contributed by atoms with Gasteiger partial charge >= 0.3 is 0 Å². The first-order valence-electron chi connectivity index (χ1n) is 10.8. The van der Waals surface area contributed by atoms with Crippen LogP contribution in [0.4, 0.5) is 5.69 Å². The van der Waals surface area contributed by atoms with Gasteiger partial charge < -0.3 is 25.3 Å². The maximum atomic E-state index is 13.0. The minimum atomic E-state index is -0.668. The van der Waals surface area contributed by atoms with Crippen LogP contribution in [0, 0.1) is 6.92 Å². The Morgan fingerprint density at radius 2 is 1.80 bits per heavy atom. The lowest BCUT2D eigenvalue weighted by Crippen LogP contribution is -2.58. The molecule has 30 heavy (non-hydrogen) atoms. The summed E-state index contributed by atoms with van der Waals surface area (Å²) in [4.78, 5) is 44.4. The van der Waals surface area contributed by atoms with Gasteiger partial charge in [-0.1, -0.05) is 6.07 Å². The van der Waals surface area contributed by atoms with Crippen molar-refractivity contribution in [2.45, 2.75) is 44.8 Å². The number of amides is 3. The molecule has 8 nitrogen and oxygen atoms in total. The van der Waals surface area contributed by atoms with E-state index >= 15 is 0 Å². The van der Waals surface area contributed by atoms with E-state index in [1.54, 1.807) is 4.90 Å². The van der Waals surface area contributed by atoms with Crippen LogP contribution in [-0.4, -0.2) is 83.9 Å². The average molecular weight is 414 g/mol. The van der Waals surface area contributed by atoms with Crippen LogP contribution in [0.3, 0.4) is 0 Å². The lowest BCUT2D eigenvalue weighted by molar-refractivity contribution is -0.145. The fourth-order valence-electron chi connectivity index (χ4n) is 4.64. The molecule has 1 aromatic rings. The SMILES string of the molecule is Cc1ccc2c(c1)N[C@]1(CCC(=O)N([C@@H](C)C(=O)N3CCN(C)CC3)CC1)NC2=O. The molecule has 0 radical (unpaired) electrons. The zero-order valence-electron chi connectivity index (χ0n) is 18.0. The largest absolute Gasteiger partial charge is 0.362 e. The number of likely N-dealkylation sites (tertiary alicyclic amines) is 1. The fraction of sp³-hybridized carbons (Fsp3) is 0.591. The van der Waals surface area contributed by atoms with Crippen molar-refractivity contribution in [3.63, 3.8) is 0 Å². The summed E-state index contributed by atoms with van der Waals surface area (Å²) < 4.78 is 0. The fourth-order valence-corrected chi connectivity index (χ4v) is 4.64. The molecule has 2 atom stereocenters. The van der Waals surface area contributed by atoms with Crippen LogP contribution in [0.15, 0.2) is 18.2 Å². The van der Waals surface area contributed by atoms with Crippen molar-refractivity contribution in [1.82, 2.24) is 20.0 Å². The van der Waals surface area contributed by atoms with Gasteiger partial charge in [-0.3, -0.25) is 14.4 Å². The molecule has 162 valence electrons. The maximum Gasteiger partial charge on any atom is 0.255 e. The van der Waals surface area contributed by atoms with Crippen LogP contribution < -0.4 is 10.6 Å². The van der Waals surface area contributed by atoms with E-state index in [2.05, 4.69) is 15.5 Å². The number of piperazine rings is 1. The third-order valence-electron chi connectivity index (χ3n) is 6.65. The summed E-state index contributed by atoms with van der Waals surface area (Å²) in [5, 5.41) is 6.58. The molecule has 0 bridgehead atoms. The highest BCUT2D eigenvalue weighted by Crippen LogP contribution is 2.32. The number of carbonyl (C=O) groups excluding carboxylic acids is 3. The molecule has 0 saturated carbocycles. The third-order valence-corrected chi connectivity index (χ3v) is 6.65. The minimum Gasteiger partial charge on any atom is -0.362 e. The van der Waals surface area contributed by atoms with Gasteiger partial charge in [0.25, 0.3) is 5.91 Å². The van der Waals surface area contributed by atoms with Crippen LogP contribution in [-0.2, 0) is 9.59 Å². The van der Waals surface area contributed by atoms with Crippen molar-refractivity contribution in [2.24, 2.45) is 0 Å². The first-order chi connectivity index (χ1) is 14.3. The molecule has 2 saturated heterocycles. The van der Waals surface area contributed by atoms with E-state index < -0.39 is 11.7 Å². The molecule has 2 fully saturated rings. The Morgan fingerprint density at radius 1 is 1.07 bits per heavy atom. The number of rotatable bonds is 2. The predicted octanol–water partition coefficient (Wildman–Crippen LogP) is 1.02. The minimum absolute atomic E-state index is 0.00834. The highest BCUT2D eigenvalue weighted by Gasteiger charge is 2.42. The molecule has 0 aliphatic carbocycles. The van der Waals surface area contributed by atoms with E-state index in [4.69, 9.17) is 0 Å². The van der Waals surface area contributed by atoms with Crippen molar-refractivity contribution in [3.05, 3.63) is 29.3 Å². The number of nitrogens with one attached hydrogen (secondary N) is 2. The van der Waals surface area contributed by atoms with Crippen LogP contribution in [0.2, 0.25) is 0 Å². The lowest BCUT2D eigenvalue weighted by Gasteiger charge is -2.40. The molecule has 3 aliphatic heterocycles. The molecular weight excluding hydrogens is 382 g/mol. The number of fused-ring (bicyclic) bond motifs is 1. The van der Waals surface area contributed by atoms with Gasteiger partial charge in [0.05, 0.1) is 5.56 Å². The highest BCUT2D eigenvalue weighted by atomic mass is 16.2. The van der Waals surface area contributed by atoms with Gasteiger partial charge in [0.1, 0.15) is 11.7 Å². The van der Waals surface area contributed by atoms with E-state index in [0.717, 1.165) is 24.3 Å². The first kappa shape index (κ1) is 20.7. The molecule has 0 unspecified atom stereocenters. The number of benzene rings is 1. The monoisotopic (exact) mass is 413 g/mol. The van der Waals surface area contributed by atoms with E-state index in [0.29, 0.717) is 38.0 Å². The van der Waals surface area contributed by atoms with Gasteiger partial charge in [-0.25, -0.2) is 0 Å². The number of hydrogen-bond acceptors (Lipinski definition) is 5. The topological polar surface area (TPSA) is 85.0 Å². The van der Waals surface area contributed by atoms with Gasteiger partial charge in [0.2, 0.25) is 11.8 Å². The number of carbonyl (C=O) groups is 3. The second kappa shape index (κ2) is 7.91. The van der Waals surface area contributed by atoms with E-state index in [1.165, 1.54) is 0 Å². The molecular formula is C22H31N5O3. The van der Waals surface area contributed by atoms with E-state index in [9.17, 15) is 14.4 Å². The smallest absolute Gasteiger partial charge is 0.255 e. The van der Waals surface area contributed by atoms with Gasteiger partial charge in [-0.05, 0) is 45.0 Å². The second-order valence-electron chi connectivity index (χ2n) is 8.85. The zero-order valence-corrected chi connectivity index (χ0v) is 18.0. The Kier molecular flexibility index (Phi) is 5.44. The summed E-state index contributed by atoms with van der Waals surface area (Å²) >= 11 is 0. The van der Waals surface area contributed by atoms with E-state index in [-0.39, 0.29) is 24.1 Å². The van der Waals surface area contributed by atoms with Gasteiger partial charge in [0.15, 0.2) is 0 Å². The summed E-state index contributed by atoms with van der Waals surface area (Å²) in [5.41, 5.74) is 1.83. The molecule has 1 spiro atoms. The van der Waals surface area contributed by atoms with Gasteiger partial charge in [-0.15, -0.1) is 0 Å². The second-order valence-corrected chi connectivity index (χ2v) is 8.85. The summed E-state index contributed by atoms with van der Waals surface area (Å²) in [6.45, 7) is 7.33. The molecule has 3 heterocycles. The van der Waals surface area contributed by atoms with Crippen molar-refractivity contribution >= 4 is 23.4 Å². The average Bonchev–Trinajstić information content (AvgIpc) is 2.86. The summed E-state index contributed by atoms with van der Waals surface area (Å²) in [7, 11) is 2.05. The Balaban J connectivity index is 1.48. The predicted molar refractivity (Wildman–Crippen MR) is 114 cm³/mol. The van der Waals surface area contributed by atoms with Crippen molar-refractivity contribution in [3.8, 4) is 0 Å². The molecule has 3 amide bonds. The Bertz CT molecular complexity index is 864. The Labute approximate surface area is 177 Å². The van der Waals surface area contributed by atoms with Crippen LogP contribution in [0.5, 0.6) is 0 Å². The summed E-state index contributed by atoms with van der Waals surface area (Å²) in [6.07, 6.45) is 1.34. The highest BCUT2D eigenvalue weighted by molar-refractivity contribution is 6.02. The Hall–Kier alpha value is -2.61. The number of hydrogen-bond donors (Lipinski definition) is 2. The van der Waals surface area contributed by atoms with Crippen LogP contribution >= 0.6 is 0 Å². The van der Waals surface area contributed by atoms with E-state index in [1.807, 2.05) is 44.0 Å². The van der Waals surface area contributed by atoms with Crippen molar-refractivity contribution in [2.75, 3.05) is 45.1 Å². The quantitative estimate of drug-likeness (QED) is 0.756. The first-order valence-corrected chi connectivity index (χ1v) is 10.8. The normalized spacial score (nSPS) is 26.0.